The average Bonchev–Trinajstić information content (AvgIpc) is 2.56. The van der Waals surface area contributed by atoms with Crippen LogP contribution in [0.5, 0.6) is 11.5 Å². The van der Waals surface area contributed by atoms with Crippen molar-refractivity contribution in [3.8, 4) is 11.5 Å². The van der Waals surface area contributed by atoms with Crippen LogP contribution in [0.4, 0.5) is 0 Å². The number of benzene rings is 1. The van der Waals surface area contributed by atoms with Crippen molar-refractivity contribution in [2.45, 2.75) is 66.1 Å². The largest absolute Gasteiger partial charge is 0.493 e. The number of carbonyl (C=O) groups is 1. The smallest absolute Gasteiger partial charge is 0.309 e. The maximum Gasteiger partial charge on any atom is 0.309 e. The number of hydrogen-bond acceptors (Lipinski definition) is 4. The molecule has 0 radical (unpaired) electrons. The molecule has 5 heteroatoms. The normalized spacial score (nSPS) is 18.0. The Hall–Kier alpha value is -1.75. The van der Waals surface area contributed by atoms with E-state index in [2.05, 4.69) is 0 Å². The van der Waals surface area contributed by atoms with Gasteiger partial charge in [0.05, 0.1) is 18.6 Å². The second kappa shape index (κ2) is 8.56. The van der Waals surface area contributed by atoms with Gasteiger partial charge in [-0.15, -0.1) is 0 Å². The van der Waals surface area contributed by atoms with Gasteiger partial charge in [0.1, 0.15) is 11.5 Å². The molecule has 140 valence electrons. The van der Waals surface area contributed by atoms with E-state index in [4.69, 9.17) is 19.3 Å². The highest BCUT2D eigenvalue weighted by molar-refractivity contribution is 5.73. The van der Waals surface area contributed by atoms with Gasteiger partial charge in [0.25, 0.3) is 0 Å². The van der Waals surface area contributed by atoms with Crippen LogP contribution in [0.25, 0.3) is 0 Å². The Morgan fingerprint density at radius 3 is 2.56 bits per heavy atom. The molecule has 25 heavy (non-hydrogen) atoms. The van der Waals surface area contributed by atoms with Crippen molar-refractivity contribution in [2.75, 3.05) is 13.2 Å². The third kappa shape index (κ3) is 5.63. The molecule has 1 aromatic rings. The number of ether oxygens (including phenoxy) is 3. The lowest BCUT2D eigenvalue weighted by Gasteiger charge is -2.25. The van der Waals surface area contributed by atoms with Crippen molar-refractivity contribution in [1.29, 1.82) is 0 Å². The first kappa shape index (κ1) is 19.6. The van der Waals surface area contributed by atoms with Crippen LogP contribution in [0.15, 0.2) is 12.1 Å². The fourth-order valence-electron chi connectivity index (χ4n) is 2.79. The number of aryl methyl sites for hydroxylation is 2. The Kier molecular flexibility index (Phi) is 6.71. The molecule has 1 N–H and O–H groups in total. The Morgan fingerprint density at radius 1 is 1.24 bits per heavy atom. The molecular formula is C20H30O5. The first-order valence-electron chi connectivity index (χ1n) is 9.05. The highest BCUT2D eigenvalue weighted by Crippen LogP contribution is 2.30. The maximum atomic E-state index is 11.1. The van der Waals surface area contributed by atoms with Gasteiger partial charge in [-0.1, -0.05) is 0 Å². The average molecular weight is 350 g/mol. The molecule has 0 bridgehead atoms. The molecule has 0 aliphatic carbocycles. The minimum atomic E-state index is -0.772. The Balaban J connectivity index is 1.89. The van der Waals surface area contributed by atoms with E-state index in [1.165, 1.54) is 0 Å². The van der Waals surface area contributed by atoms with Crippen molar-refractivity contribution < 1.29 is 24.1 Å². The van der Waals surface area contributed by atoms with Gasteiger partial charge in [0.2, 0.25) is 0 Å². The van der Waals surface area contributed by atoms with E-state index >= 15 is 0 Å². The minimum absolute atomic E-state index is 0.156. The molecule has 1 aliphatic rings. The summed E-state index contributed by atoms with van der Waals surface area (Å²) in [6.45, 7) is 8.73. The first-order valence-corrected chi connectivity index (χ1v) is 9.05. The molecule has 1 saturated heterocycles. The zero-order chi connectivity index (χ0) is 18.4. The lowest BCUT2D eigenvalue weighted by Crippen LogP contribution is -2.25. The number of carboxylic acid groups (broad SMARTS) is 1. The van der Waals surface area contributed by atoms with E-state index in [-0.39, 0.29) is 6.29 Å². The molecule has 1 aromatic carbocycles. The van der Waals surface area contributed by atoms with E-state index in [1.54, 1.807) is 13.8 Å². The van der Waals surface area contributed by atoms with Crippen LogP contribution in [0, 0.1) is 19.3 Å². The SMILES string of the molecule is Cc1cc(OC2CCCCO2)c(C)cc1OCCCC(C)(C)C(=O)O. The number of hydrogen-bond donors (Lipinski definition) is 1. The second-order valence-corrected chi connectivity index (χ2v) is 7.44. The van der Waals surface area contributed by atoms with Crippen LogP contribution in [0.3, 0.4) is 0 Å². The molecule has 0 saturated carbocycles. The van der Waals surface area contributed by atoms with E-state index in [9.17, 15) is 4.79 Å². The van der Waals surface area contributed by atoms with Gasteiger partial charge < -0.3 is 19.3 Å². The van der Waals surface area contributed by atoms with Crippen LogP contribution in [-0.4, -0.2) is 30.6 Å². The Bertz CT molecular complexity index is 588. The molecule has 0 aromatic heterocycles. The van der Waals surface area contributed by atoms with Crippen molar-refractivity contribution in [3.05, 3.63) is 23.3 Å². The zero-order valence-corrected chi connectivity index (χ0v) is 15.8. The van der Waals surface area contributed by atoms with E-state index in [0.29, 0.717) is 19.4 Å². The molecule has 1 atom stereocenters. The molecular weight excluding hydrogens is 320 g/mol. The minimum Gasteiger partial charge on any atom is -0.493 e. The predicted molar refractivity (Wildman–Crippen MR) is 96.3 cm³/mol. The van der Waals surface area contributed by atoms with Crippen molar-refractivity contribution >= 4 is 5.97 Å². The summed E-state index contributed by atoms with van der Waals surface area (Å²) in [4.78, 5) is 11.1. The lowest BCUT2D eigenvalue weighted by atomic mass is 9.88. The third-order valence-electron chi connectivity index (χ3n) is 4.65. The molecule has 0 spiro atoms. The fourth-order valence-corrected chi connectivity index (χ4v) is 2.79. The number of rotatable bonds is 8. The summed E-state index contributed by atoms with van der Waals surface area (Å²) in [5.41, 5.74) is 1.31. The van der Waals surface area contributed by atoms with Gasteiger partial charge in [-0.05, 0) is 76.6 Å². The van der Waals surface area contributed by atoms with Gasteiger partial charge in [0.15, 0.2) is 6.29 Å². The van der Waals surface area contributed by atoms with Gasteiger partial charge >= 0.3 is 5.97 Å². The summed E-state index contributed by atoms with van der Waals surface area (Å²) in [5, 5.41) is 9.14. The molecule has 0 amide bonds. The summed E-state index contributed by atoms with van der Waals surface area (Å²) in [6, 6.07) is 3.97. The molecule has 5 nitrogen and oxygen atoms in total. The topological polar surface area (TPSA) is 65.0 Å². The second-order valence-electron chi connectivity index (χ2n) is 7.44. The van der Waals surface area contributed by atoms with Crippen LogP contribution in [0.1, 0.15) is 57.1 Å². The van der Waals surface area contributed by atoms with Gasteiger partial charge in [-0.3, -0.25) is 4.79 Å². The Labute approximate surface area is 150 Å². The van der Waals surface area contributed by atoms with Gasteiger partial charge in [0, 0.05) is 6.42 Å². The zero-order valence-electron chi connectivity index (χ0n) is 15.8. The van der Waals surface area contributed by atoms with Gasteiger partial charge in [-0.2, -0.15) is 0 Å². The summed E-state index contributed by atoms with van der Waals surface area (Å²) in [7, 11) is 0. The summed E-state index contributed by atoms with van der Waals surface area (Å²) in [6.07, 6.45) is 4.29. The van der Waals surface area contributed by atoms with E-state index in [0.717, 1.165) is 48.5 Å². The van der Waals surface area contributed by atoms with Crippen molar-refractivity contribution in [1.82, 2.24) is 0 Å². The summed E-state index contributed by atoms with van der Waals surface area (Å²) in [5.74, 6) is 0.886. The van der Waals surface area contributed by atoms with Crippen LogP contribution < -0.4 is 9.47 Å². The maximum absolute atomic E-state index is 11.1. The number of carboxylic acids is 1. The van der Waals surface area contributed by atoms with Crippen molar-refractivity contribution in [2.24, 2.45) is 5.41 Å². The highest BCUT2D eigenvalue weighted by atomic mass is 16.7. The fraction of sp³-hybridized carbons (Fsp3) is 0.650. The first-order chi connectivity index (χ1) is 11.8. The predicted octanol–water partition coefficient (Wildman–Crippen LogP) is 4.48. The molecule has 1 unspecified atom stereocenters. The molecule has 2 rings (SSSR count). The highest BCUT2D eigenvalue weighted by Gasteiger charge is 2.26. The van der Waals surface area contributed by atoms with Crippen LogP contribution >= 0.6 is 0 Å². The molecule has 1 heterocycles. The lowest BCUT2D eigenvalue weighted by molar-refractivity contribution is -0.147. The number of aliphatic carboxylic acids is 1. The van der Waals surface area contributed by atoms with Crippen LogP contribution in [-0.2, 0) is 9.53 Å². The van der Waals surface area contributed by atoms with E-state index < -0.39 is 11.4 Å². The third-order valence-corrected chi connectivity index (χ3v) is 4.65. The monoisotopic (exact) mass is 350 g/mol. The summed E-state index contributed by atoms with van der Waals surface area (Å²) >= 11 is 0. The molecule has 1 aliphatic heterocycles. The van der Waals surface area contributed by atoms with Crippen LogP contribution in [0.2, 0.25) is 0 Å². The molecule has 1 fully saturated rings. The van der Waals surface area contributed by atoms with E-state index in [1.807, 2.05) is 26.0 Å². The van der Waals surface area contributed by atoms with Gasteiger partial charge in [-0.25, -0.2) is 0 Å². The quantitative estimate of drug-likeness (QED) is 0.700. The van der Waals surface area contributed by atoms with Crippen molar-refractivity contribution in [3.63, 3.8) is 0 Å². The Morgan fingerprint density at radius 2 is 1.92 bits per heavy atom. The standard InChI is InChI=1S/C20H30O5/c1-14-13-17(25-18-8-5-6-10-24-18)15(2)12-16(14)23-11-7-9-20(3,4)19(21)22/h12-13,18H,5-11H2,1-4H3,(H,21,22). The summed E-state index contributed by atoms with van der Waals surface area (Å²) < 4.78 is 17.5.